The summed E-state index contributed by atoms with van der Waals surface area (Å²) in [6.45, 7) is 3.65. The van der Waals surface area contributed by atoms with Crippen LogP contribution in [0.5, 0.6) is 0 Å². The maximum atomic E-state index is 10.1. The summed E-state index contributed by atoms with van der Waals surface area (Å²) in [5, 5.41) is 14.7. The van der Waals surface area contributed by atoms with Crippen molar-refractivity contribution in [3.63, 3.8) is 0 Å². The van der Waals surface area contributed by atoms with E-state index in [4.69, 9.17) is 16.7 Å². The minimum atomic E-state index is -1.10. The van der Waals surface area contributed by atoms with E-state index in [-0.39, 0.29) is 15.4 Å². The van der Waals surface area contributed by atoms with Crippen LogP contribution in [0.25, 0.3) is 0 Å². The van der Waals surface area contributed by atoms with Crippen molar-refractivity contribution in [1.82, 2.24) is 10.2 Å². The smallest absolute Gasteiger partial charge is 0.367 e. The van der Waals surface area contributed by atoms with Crippen molar-refractivity contribution in [3.8, 4) is 0 Å². The Kier molecular flexibility index (Phi) is 6.56. The van der Waals surface area contributed by atoms with Gasteiger partial charge in [-0.1, -0.05) is 11.3 Å². The number of esters is 1. The zero-order valence-corrected chi connectivity index (χ0v) is 9.63. The molecule has 0 aliphatic rings. The van der Waals surface area contributed by atoms with Gasteiger partial charge in [0.05, 0.1) is 6.61 Å². The van der Waals surface area contributed by atoms with E-state index in [2.05, 4.69) is 14.9 Å². The summed E-state index contributed by atoms with van der Waals surface area (Å²) in [6, 6.07) is 0. The van der Waals surface area contributed by atoms with E-state index < -0.39 is 5.97 Å². The number of nitrogens with zero attached hydrogens (tertiary/aromatic N) is 2. The van der Waals surface area contributed by atoms with E-state index in [1.54, 1.807) is 6.92 Å². The van der Waals surface area contributed by atoms with Crippen LogP contribution in [0.3, 0.4) is 0 Å². The highest BCUT2D eigenvalue weighted by Gasteiger charge is 2.07. The Morgan fingerprint density at radius 3 is 2.27 bits per heavy atom. The van der Waals surface area contributed by atoms with E-state index in [1.165, 1.54) is 6.92 Å². The molecular weight excluding hydrogens is 244 g/mol. The second kappa shape index (κ2) is 7.13. The number of aromatic nitrogens is 2. The molecular formula is C7H9ClN2O4S. The Balaban J connectivity index is 0.000000288. The summed E-state index contributed by atoms with van der Waals surface area (Å²) in [7, 11) is 0. The van der Waals surface area contributed by atoms with Crippen LogP contribution < -0.4 is 0 Å². The lowest BCUT2D eigenvalue weighted by Gasteiger charge is -1.89. The predicted octanol–water partition coefficient (Wildman–Crippen LogP) is 1.46. The number of carboxylic acids is 1. The first-order valence-corrected chi connectivity index (χ1v) is 5.02. The fraction of sp³-hybridized carbons (Fsp3) is 0.429. The number of aromatic carboxylic acids is 1. The zero-order chi connectivity index (χ0) is 11.8. The molecule has 0 amide bonds. The topological polar surface area (TPSA) is 89.4 Å². The van der Waals surface area contributed by atoms with Crippen molar-refractivity contribution in [2.45, 2.75) is 13.8 Å². The third-order valence-electron chi connectivity index (χ3n) is 0.931. The molecule has 0 radical (unpaired) electrons. The van der Waals surface area contributed by atoms with Crippen molar-refractivity contribution >= 4 is 34.9 Å². The molecule has 0 aromatic carbocycles. The molecule has 84 valence electrons. The van der Waals surface area contributed by atoms with Crippen molar-refractivity contribution in [2.24, 2.45) is 0 Å². The minimum Gasteiger partial charge on any atom is -0.476 e. The SMILES string of the molecule is CCOC(C)=O.O=C(O)c1nnc(Cl)s1. The summed E-state index contributed by atoms with van der Waals surface area (Å²) >= 11 is 6.13. The normalized spacial score (nSPS) is 8.73. The molecule has 0 aliphatic carbocycles. The lowest BCUT2D eigenvalue weighted by molar-refractivity contribution is -0.140. The molecule has 0 atom stereocenters. The van der Waals surface area contributed by atoms with Crippen LogP contribution in [0.2, 0.25) is 4.47 Å². The van der Waals surface area contributed by atoms with Crippen molar-refractivity contribution < 1.29 is 19.4 Å². The third kappa shape index (κ3) is 6.81. The summed E-state index contributed by atoms with van der Waals surface area (Å²) < 4.78 is 4.55. The van der Waals surface area contributed by atoms with Crippen LogP contribution in [0.4, 0.5) is 0 Å². The van der Waals surface area contributed by atoms with Crippen LogP contribution in [-0.4, -0.2) is 33.8 Å². The lowest BCUT2D eigenvalue weighted by atomic mass is 10.7. The Labute approximate surface area is 94.8 Å². The number of carboxylic acid groups (broad SMARTS) is 1. The van der Waals surface area contributed by atoms with E-state index in [1.807, 2.05) is 0 Å². The van der Waals surface area contributed by atoms with Gasteiger partial charge in [-0.3, -0.25) is 4.79 Å². The van der Waals surface area contributed by atoms with Crippen molar-refractivity contribution in [2.75, 3.05) is 6.61 Å². The van der Waals surface area contributed by atoms with Gasteiger partial charge < -0.3 is 9.84 Å². The Morgan fingerprint density at radius 1 is 1.53 bits per heavy atom. The third-order valence-corrected chi connectivity index (χ3v) is 1.94. The number of halogens is 1. The van der Waals surface area contributed by atoms with Crippen molar-refractivity contribution in [1.29, 1.82) is 0 Å². The molecule has 1 N–H and O–H groups in total. The average molecular weight is 253 g/mol. The Morgan fingerprint density at radius 2 is 2.13 bits per heavy atom. The second-order valence-electron chi connectivity index (χ2n) is 2.09. The van der Waals surface area contributed by atoms with Gasteiger partial charge in [0, 0.05) is 6.92 Å². The number of carbonyl (C=O) groups excluding carboxylic acids is 1. The van der Waals surface area contributed by atoms with Crippen LogP contribution in [-0.2, 0) is 9.53 Å². The molecule has 0 saturated carbocycles. The van der Waals surface area contributed by atoms with Gasteiger partial charge in [-0.2, -0.15) is 0 Å². The molecule has 0 spiro atoms. The number of hydrogen-bond donors (Lipinski definition) is 1. The Bertz CT molecular complexity index is 341. The average Bonchev–Trinajstić information content (AvgIpc) is 2.52. The van der Waals surface area contributed by atoms with Crippen LogP contribution in [0.15, 0.2) is 0 Å². The summed E-state index contributed by atoms with van der Waals surface area (Å²) in [5.41, 5.74) is 0. The highest BCUT2D eigenvalue weighted by atomic mass is 35.5. The maximum absolute atomic E-state index is 10.1. The standard InChI is InChI=1S/C4H8O2.C3HClN2O2S/c1-3-6-4(2)5;4-3-6-5-1(9-3)2(7)8/h3H2,1-2H3;(H,7,8). The highest BCUT2D eigenvalue weighted by Crippen LogP contribution is 2.13. The molecule has 0 fully saturated rings. The molecule has 8 heteroatoms. The number of ether oxygens (including phenoxy) is 1. The molecule has 0 aliphatic heterocycles. The second-order valence-corrected chi connectivity index (χ2v) is 3.65. The zero-order valence-electron chi connectivity index (χ0n) is 8.06. The van der Waals surface area contributed by atoms with E-state index in [0.717, 1.165) is 11.3 Å². The van der Waals surface area contributed by atoms with E-state index >= 15 is 0 Å². The molecule has 1 aromatic rings. The van der Waals surface area contributed by atoms with Gasteiger partial charge in [0.25, 0.3) is 0 Å². The molecule has 0 saturated heterocycles. The maximum Gasteiger partial charge on any atom is 0.367 e. The summed E-state index contributed by atoms with van der Waals surface area (Å²) in [6.07, 6.45) is 0. The molecule has 6 nitrogen and oxygen atoms in total. The molecule has 15 heavy (non-hydrogen) atoms. The molecule has 1 heterocycles. The fourth-order valence-corrected chi connectivity index (χ4v) is 1.16. The van der Waals surface area contributed by atoms with Gasteiger partial charge >= 0.3 is 11.9 Å². The van der Waals surface area contributed by atoms with Crippen LogP contribution in [0.1, 0.15) is 23.6 Å². The van der Waals surface area contributed by atoms with Gasteiger partial charge in [-0.05, 0) is 18.5 Å². The fourth-order valence-electron chi connectivity index (χ4n) is 0.495. The molecule has 0 unspecified atom stereocenters. The first-order valence-electron chi connectivity index (χ1n) is 3.83. The minimum absolute atomic E-state index is 0.0833. The monoisotopic (exact) mass is 252 g/mol. The number of hydrogen-bond acceptors (Lipinski definition) is 6. The van der Waals surface area contributed by atoms with E-state index in [0.29, 0.717) is 6.61 Å². The van der Waals surface area contributed by atoms with Crippen LogP contribution >= 0.6 is 22.9 Å². The summed E-state index contributed by atoms with van der Waals surface area (Å²) in [4.78, 5) is 19.9. The van der Waals surface area contributed by atoms with Gasteiger partial charge in [-0.25, -0.2) is 4.79 Å². The number of rotatable bonds is 2. The van der Waals surface area contributed by atoms with Gasteiger partial charge in [0.2, 0.25) is 9.47 Å². The Hall–Kier alpha value is -1.21. The molecule has 0 bridgehead atoms. The largest absolute Gasteiger partial charge is 0.476 e. The summed E-state index contributed by atoms with van der Waals surface area (Å²) in [5.74, 6) is -1.31. The first-order chi connectivity index (χ1) is 6.97. The van der Waals surface area contributed by atoms with Gasteiger partial charge in [-0.15, -0.1) is 10.2 Å². The molecule has 1 aromatic heterocycles. The quantitative estimate of drug-likeness (QED) is 0.802. The van der Waals surface area contributed by atoms with Gasteiger partial charge in [0.1, 0.15) is 0 Å². The lowest BCUT2D eigenvalue weighted by Crippen LogP contribution is -1.95. The predicted molar refractivity (Wildman–Crippen MR) is 54.2 cm³/mol. The molecule has 1 rings (SSSR count). The van der Waals surface area contributed by atoms with E-state index in [9.17, 15) is 9.59 Å². The van der Waals surface area contributed by atoms with Crippen molar-refractivity contribution in [3.05, 3.63) is 9.47 Å². The van der Waals surface area contributed by atoms with Gasteiger partial charge in [0.15, 0.2) is 0 Å². The number of carbonyl (C=O) groups is 2. The van der Waals surface area contributed by atoms with Crippen LogP contribution in [0, 0.1) is 0 Å². The highest BCUT2D eigenvalue weighted by molar-refractivity contribution is 7.17. The first kappa shape index (κ1) is 13.8.